The van der Waals surface area contributed by atoms with Gasteiger partial charge in [0.1, 0.15) is 0 Å². The van der Waals surface area contributed by atoms with E-state index < -0.39 is 0 Å². The predicted octanol–water partition coefficient (Wildman–Crippen LogP) is 2.14. The number of hydrogen-bond acceptors (Lipinski definition) is 3. The zero-order chi connectivity index (χ0) is 12.1. The molecule has 0 spiro atoms. The standard InChI is InChI=1S/C12H24N2OS.ClH/c1-4-5-10(13)12(15)14-6-7-16-11(8-14)9(2)3;/h9-11H,4-8,13H2,1-3H3;1H. The van der Waals surface area contributed by atoms with Crippen LogP contribution < -0.4 is 5.73 Å². The zero-order valence-electron chi connectivity index (χ0n) is 11.0. The summed E-state index contributed by atoms with van der Waals surface area (Å²) in [5, 5.41) is 0.575. The number of amides is 1. The number of rotatable bonds is 4. The first kappa shape index (κ1) is 17.1. The molecule has 0 bridgehead atoms. The lowest BCUT2D eigenvalue weighted by atomic mass is 10.1. The molecule has 0 aromatic carbocycles. The van der Waals surface area contributed by atoms with E-state index in [2.05, 4.69) is 20.8 Å². The van der Waals surface area contributed by atoms with Gasteiger partial charge in [0, 0.05) is 24.1 Å². The van der Waals surface area contributed by atoms with E-state index >= 15 is 0 Å². The molecular weight excluding hydrogens is 256 g/mol. The molecule has 1 amide bonds. The Kier molecular flexibility index (Phi) is 8.25. The fourth-order valence-electron chi connectivity index (χ4n) is 1.95. The van der Waals surface area contributed by atoms with Crippen LogP contribution in [0.25, 0.3) is 0 Å². The molecule has 1 rings (SSSR count). The Balaban J connectivity index is 0.00000256. The molecule has 3 nitrogen and oxygen atoms in total. The lowest BCUT2D eigenvalue weighted by Crippen LogP contribution is -2.50. The molecular formula is C12H25ClN2OS. The summed E-state index contributed by atoms with van der Waals surface area (Å²) < 4.78 is 0. The van der Waals surface area contributed by atoms with E-state index in [1.807, 2.05) is 16.7 Å². The average molecular weight is 281 g/mol. The third kappa shape index (κ3) is 5.06. The summed E-state index contributed by atoms with van der Waals surface area (Å²) in [4.78, 5) is 14.0. The van der Waals surface area contributed by atoms with Gasteiger partial charge < -0.3 is 10.6 Å². The molecule has 0 aliphatic carbocycles. The molecule has 2 atom stereocenters. The highest BCUT2D eigenvalue weighted by atomic mass is 35.5. The summed E-state index contributed by atoms with van der Waals surface area (Å²) in [5.41, 5.74) is 5.88. The van der Waals surface area contributed by atoms with Crippen LogP contribution in [0.15, 0.2) is 0 Å². The van der Waals surface area contributed by atoms with Gasteiger partial charge in [0.25, 0.3) is 0 Å². The smallest absolute Gasteiger partial charge is 0.239 e. The molecule has 0 radical (unpaired) electrons. The van der Waals surface area contributed by atoms with Crippen LogP contribution in [0.3, 0.4) is 0 Å². The van der Waals surface area contributed by atoms with Crippen molar-refractivity contribution in [3.63, 3.8) is 0 Å². The average Bonchev–Trinajstić information content (AvgIpc) is 2.28. The van der Waals surface area contributed by atoms with E-state index in [1.165, 1.54) is 0 Å². The van der Waals surface area contributed by atoms with Crippen LogP contribution in [0, 0.1) is 5.92 Å². The van der Waals surface area contributed by atoms with Gasteiger partial charge in [-0.1, -0.05) is 27.2 Å². The molecule has 1 aliphatic heterocycles. The molecule has 0 saturated carbocycles. The minimum Gasteiger partial charge on any atom is -0.339 e. The topological polar surface area (TPSA) is 46.3 Å². The number of hydrogen-bond donors (Lipinski definition) is 1. The Morgan fingerprint density at radius 1 is 1.53 bits per heavy atom. The first-order chi connectivity index (χ1) is 7.56. The van der Waals surface area contributed by atoms with Gasteiger partial charge in [-0.2, -0.15) is 11.8 Å². The second kappa shape index (κ2) is 8.22. The second-order valence-electron chi connectivity index (χ2n) is 4.83. The molecule has 5 heteroatoms. The molecule has 17 heavy (non-hydrogen) atoms. The Hall–Kier alpha value is 0.0700. The van der Waals surface area contributed by atoms with Crippen molar-refractivity contribution >= 4 is 30.1 Å². The first-order valence-corrected chi connectivity index (χ1v) is 7.27. The molecule has 0 aromatic rings. The Morgan fingerprint density at radius 2 is 2.18 bits per heavy atom. The number of halogens is 1. The van der Waals surface area contributed by atoms with Crippen molar-refractivity contribution in [2.24, 2.45) is 11.7 Å². The molecule has 0 aromatic heterocycles. The summed E-state index contributed by atoms with van der Waals surface area (Å²) in [6.45, 7) is 8.24. The lowest BCUT2D eigenvalue weighted by Gasteiger charge is -2.35. The second-order valence-corrected chi connectivity index (χ2v) is 6.18. The minimum absolute atomic E-state index is 0. The van der Waals surface area contributed by atoms with Crippen LogP contribution in [0.4, 0.5) is 0 Å². The van der Waals surface area contributed by atoms with Gasteiger partial charge in [-0.3, -0.25) is 4.79 Å². The Morgan fingerprint density at radius 3 is 2.71 bits per heavy atom. The Labute approximate surface area is 115 Å². The highest BCUT2D eigenvalue weighted by Crippen LogP contribution is 2.25. The molecule has 1 saturated heterocycles. The van der Waals surface area contributed by atoms with E-state index in [9.17, 15) is 4.79 Å². The maximum Gasteiger partial charge on any atom is 0.239 e. The van der Waals surface area contributed by atoms with Crippen molar-refractivity contribution in [3.8, 4) is 0 Å². The third-order valence-electron chi connectivity index (χ3n) is 3.07. The molecule has 1 aliphatic rings. The summed E-state index contributed by atoms with van der Waals surface area (Å²) in [6.07, 6.45) is 1.78. The van der Waals surface area contributed by atoms with Gasteiger partial charge >= 0.3 is 0 Å². The molecule has 1 fully saturated rings. The summed E-state index contributed by atoms with van der Waals surface area (Å²) >= 11 is 1.98. The summed E-state index contributed by atoms with van der Waals surface area (Å²) in [7, 11) is 0. The molecule has 102 valence electrons. The van der Waals surface area contributed by atoms with E-state index in [1.54, 1.807) is 0 Å². The van der Waals surface area contributed by atoms with Crippen molar-refractivity contribution in [1.82, 2.24) is 4.90 Å². The highest BCUT2D eigenvalue weighted by Gasteiger charge is 2.28. The van der Waals surface area contributed by atoms with Gasteiger partial charge in [0.05, 0.1) is 6.04 Å². The van der Waals surface area contributed by atoms with Gasteiger partial charge in [0.15, 0.2) is 0 Å². The Bertz CT molecular complexity index is 239. The fraction of sp³-hybridized carbons (Fsp3) is 0.917. The number of carbonyl (C=O) groups is 1. The highest BCUT2D eigenvalue weighted by molar-refractivity contribution is 8.00. The van der Waals surface area contributed by atoms with E-state index in [4.69, 9.17) is 5.73 Å². The maximum atomic E-state index is 12.0. The number of nitrogens with zero attached hydrogens (tertiary/aromatic N) is 1. The van der Waals surface area contributed by atoms with Crippen LogP contribution in [-0.2, 0) is 4.79 Å². The summed E-state index contributed by atoms with van der Waals surface area (Å²) in [6, 6.07) is -0.291. The fourth-order valence-corrected chi connectivity index (χ4v) is 3.25. The third-order valence-corrected chi connectivity index (χ3v) is 4.61. The van der Waals surface area contributed by atoms with Gasteiger partial charge in [-0.25, -0.2) is 0 Å². The number of carbonyl (C=O) groups excluding carboxylic acids is 1. The number of thioether (sulfide) groups is 1. The SMILES string of the molecule is CCCC(N)C(=O)N1CCSC(C(C)C)C1.Cl. The lowest BCUT2D eigenvalue weighted by molar-refractivity contribution is -0.132. The van der Waals surface area contributed by atoms with Gasteiger partial charge in [0.2, 0.25) is 5.91 Å². The van der Waals surface area contributed by atoms with Crippen molar-refractivity contribution < 1.29 is 4.79 Å². The van der Waals surface area contributed by atoms with E-state index in [0.717, 1.165) is 31.7 Å². The van der Waals surface area contributed by atoms with Crippen LogP contribution >= 0.6 is 24.2 Å². The van der Waals surface area contributed by atoms with Crippen molar-refractivity contribution in [2.45, 2.75) is 44.9 Å². The summed E-state index contributed by atoms with van der Waals surface area (Å²) in [5.74, 6) is 1.82. The van der Waals surface area contributed by atoms with Crippen molar-refractivity contribution in [2.75, 3.05) is 18.8 Å². The van der Waals surface area contributed by atoms with E-state index in [-0.39, 0.29) is 24.4 Å². The van der Waals surface area contributed by atoms with Crippen LogP contribution in [0.5, 0.6) is 0 Å². The minimum atomic E-state index is -0.291. The normalized spacial score (nSPS) is 22.2. The van der Waals surface area contributed by atoms with Crippen molar-refractivity contribution in [3.05, 3.63) is 0 Å². The van der Waals surface area contributed by atoms with Crippen LogP contribution in [-0.4, -0.2) is 40.9 Å². The molecule has 2 N–H and O–H groups in total. The van der Waals surface area contributed by atoms with Crippen LogP contribution in [0.2, 0.25) is 0 Å². The van der Waals surface area contributed by atoms with E-state index in [0.29, 0.717) is 11.2 Å². The zero-order valence-corrected chi connectivity index (χ0v) is 12.6. The largest absolute Gasteiger partial charge is 0.339 e. The van der Waals surface area contributed by atoms with Crippen LogP contribution in [0.1, 0.15) is 33.6 Å². The first-order valence-electron chi connectivity index (χ1n) is 6.22. The number of nitrogens with two attached hydrogens (primary N) is 1. The maximum absolute atomic E-state index is 12.0. The van der Waals surface area contributed by atoms with Gasteiger partial charge in [-0.05, 0) is 12.3 Å². The van der Waals surface area contributed by atoms with Crippen molar-refractivity contribution in [1.29, 1.82) is 0 Å². The monoisotopic (exact) mass is 280 g/mol. The molecule has 1 heterocycles. The predicted molar refractivity (Wildman–Crippen MR) is 77.8 cm³/mol. The quantitative estimate of drug-likeness (QED) is 0.858. The van der Waals surface area contributed by atoms with Gasteiger partial charge in [-0.15, -0.1) is 12.4 Å². The molecule has 2 unspecified atom stereocenters.